The van der Waals surface area contributed by atoms with Crippen LogP contribution < -0.4 is 16.0 Å². The highest BCUT2D eigenvalue weighted by molar-refractivity contribution is 14.0. The minimum atomic E-state index is -0.164. The van der Waals surface area contributed by atoms with Crippen LogP contribution in [0.5, 0.6) is 0 Å². The highest BCUT2D eigenvalue weighted by Crippen LogP contribution is 1.98. The number of guanidine groups is 1. The first-order valence-electron chi connectivity index (χ1n) is 6.98. The van der Waals surface area contributed by atoms with Crippen molar-refractivity contribution in [3.05, 3.63) is 24.2 Å². The first kappa shape index (κ1) is 20.7. The van der Waals surface area contributed by atoms with E-state index in [4.69, 9.17) is 9.15 Å². The molecule has 1 atom stereocenters. The van der Waals surface area contributed by atoms with E-state index in [2.05, 4.69) is 20.9 Å². The Kier molecular flexibility index (Phi) is 11.6. The van der Waals surface area contributed by atoms with Crippen molar-refractivity contribution in [3.63, 3.8) is 0 Å². The third-order valence-corrected chi connectivity index (χ3v) is 2.56. The van der Waals surface area contributed by atoms with Crippen molar-refractivity contribution < 1.29 is 13.9 Å². The molecule has 7 nitrogen and oxygen atoms in total. The molecule has 0 aliphatic carbocycles. The number of amides is 1. The van der Waals surface area contributed by atoms with E-state index in [9.17, 15) is 4.79 Å². The Morgan fingerprint density at radius 1 is 1.45 bits per heavy atom. The van der Waals surface area contributed by atoms with Crippen LogP contribution in [0.1, 0.15) is 19.6 Å². The van der Waals surface area contributed by atoms with E-state index in [1.165, 1.54) is 0 Å². The predicted octanol–water partition coefficient (Wildman–Crippen LogP) is 1.10. The molecular weight excluding hydrogens is 399 g/mol. The summed E-state index contributed by atoms with van der Waals surface area (Å²) in [4.78, 5) is 16.0. The van der Waals surface area contributed by atoms with Gasteiger partial charge in [0, 0.05) is 19.7 Å². The fourth-order valence-electron chi connectivity index (χ4n) is 1.65. The van der Waals surface area contributed by atoms with Crippen molar-refractivity contribution in [3.8, 4) is 0 Å². The van der Waals surface area contributed by atoms with Gasteiger partial charge in [0.1, 0.15) is 12.3 Å². The first-order chi connectivity index (χ1) is 10.2. The number of aliphatic imine (C=N–C) groups is 1. The number of carbonyl (C=O) groups excluding carboxylic acids is 1. The number of nitrogens with one attached hydrogen (secondary N) is 3. The molecule has 1 heterocycles. The smallest absolute Gasteiger partial charge is 0.242 e. The van der Waals surface area contributed by atoms with Crippen LogP contribution in [0.3, 0.4) is 0 Å². The highest BCUT2D eigenvalue weighted by atomic mass is 127. The molecule has 0 aliphatic heterocycles. The molecule has 0 spiro atoms. The van der Waals surface area contributed by atoms with Gasteiger partial charge < -0.3 is 25.1 Å². The molecule has 8 heteroatoms. The van der Waals surface area contributed by atoms with Crippen LogP contribution in [-0.2, 0) is 16.1 Å². The first-order valence-corrected chi connectivity index (χ1v) is 6.98. The van der Waals surface area contributed by atoms with Crippen LogP contribution in [0.4, 0.5) is 0 Å². The maximum absolute atomic E-state index is 11.7. The number of hydrogen-bond acceptors (Lipinski definition) is 4. The largest absolute Gasteiger partial charge is 0.467 e. The lowest BCUT2D eigenvalue weighted by molar-refractivity contribution is -0.119. The van der Waals surface area contributed by atoms with Gasteiger partial charge in [-0.2, -0.15) is 0 Å². The van der Waals surface area contributed by atoms with Gasteiger partial charge in [-0.1, -0.05) is 0 Å². The minimum Gasteiger partial charge on any atom is -0.467 e. The normalized spacial score (nSPS) is 12.2. The molecule has 0 fully saturated rings. The summed E-state index contributed by atoms with van der Waals surface area (Å²) in [6.07, 6.45) is 1.57. The monoisotopic (exact) mass is 424 g/mol. The van der Waals surface area contributed by atoms with Gasteiger partial charge in [0.2, 0.25) is 5.91 Å². The maximum atomic E-state index is 11.7. The zero-order chi connectivity index (χ0) is 15.5. The Labute approximate surface area is 148 Å². The summed E-state index contributed by atoms with van der Waals surface area (Å²) in [5.41, 5.74) is 0. The molecule has 0 aliphatic rings. The number of methoxy groups -OCH3 is 1. The number of nitrogens with zero attached hydrogens (tertiary/aromatic N) is 1. The topological polar surface area (TPSA) is 87.9 Å². The summed E-state index contributed by atoms with van der Waals surface area (Å²) < 4.78 is 10.2. The summed E-state index contributed by atoms with van der Waals surface area (Å²) in [5, 5.41) is 8.98. The number of furan rings is 1. The van der Waals surface area contributed by atoms with Gasteiger partial charge in [-0.15, -0.1) is 24.0 Å². The molecule has 1 unspecified atom stereocenters. The summed E-state index contributed by atoms with van der Waals surface area (Å²) in [6, 6.07) is 3.70. The van der Waals surface area contributed by atoms with Crippen LogP contribution in [0.2, 0.25) is 0 Å². The quantitative estimate of drug-likeness (QED) is 0.331. The SMILES string of the molecule is CCNC(=NCC(=O)NCc1ccco1)NC(C)COC.I. The summed E-state index contributed by atoms with van der Waals surface area (Å²) in [5.74, 6) is 1.14. The molecule has 0 saturated heterocycles. The summed E-state index contributed by atoms with van der Waals surface area (Å²) in [6.45, 7) is 5.65. The van der Waals surface area contributed by atoms with Gasteiger partial charge in [-0.25, -0.2) is 4.99 Å². The second kappa shape index (κ2) is 12.3. The number of hydrogen-bond donors (Lipinski definition) is 3. The number of ether oxygens (including phenoxy) is 1. The van der Waals surface area contributed by atoms with Crippen LogP contribution in [0, 0.1) is 0 Å². The van der Waals surface area contributed by atoms with E-state index in [0.29, 0.717) is 24.9 Å². The maximum Gasteiger partial charge on any atom is 0.242 e. The molecule has 0 radical (unpaired) electrons. The van der Waals surface area contributed by atoms with Gasteiger partial charge in [-0.05, 0) is 26.0 Å². The van der Waals surface area contributed by atoms with Crippen molar-refractivity contribution in [2.24, 2.45) is 4.99 Å². The van der Waals surface area contributed by atoms with Crippen molar-refractivity contribution in [1.29, 1.82) is 0 Å². The van der Waals surface area contributed by atoms with Crippen LogP contribution >= 0.6 is 24.0 Å². The van der Waals surface area contributed by atoms with E-state index in [0.717, 1.165) is 6.54 Å². The standard InChI is InChI=1S/C14H24N4O3.HI/c1-4-15-14(18-11(2)10-20-3)17-9-13(19)16-8-12-6-5-7-21-12;/h5-7,11H,4,8-10H2,1-3H3,(H,16,19)(H2,15,17,18);1H. The lowest BCUT2D eigenvalue weighted by Crippen LogP contribution is -2.44. The van der Waals surface area contributed by atoms with E-state index >= 15 is 0 Å². The Hall–Kier alpha value is -1.29. The third-order valence-electron chi connectivity index (χ3n) is 2.56. The molecule has 126 valence electrons. The van der Waals surface area contributed by atoms with Crippen molar-refractivity contribution in [2.75, 3.05) is 26.8 Å². The molecule has 0 bridgehead atoms. The fourth-order valence-corrected chi connectivity index (χ4v) is 1.65. The lowest BCUT2D eigenvalue weighted by Gasteiger charge is -2.16. The zero-order valence-electron chi connectivity index (χ0n) is 13.2. The number of rotatable bonds is 8. The summed E-state index contributed by atoms with van der Waals surface area (Å²) >= 11 is 0. The zero-order valence-corrected chi connectivity index (χ0v) is 15.5. The molecule has 0 aromatic carbocycles. The fraction of sp³-hybridized carbons (Fsp3) is 0.571. The average Bonchev–Trinajstić information content (AvgIpc) is 2.96. The van der Waals surface area contributed by atoms with Crippen LogP contribution in [0.25, 0.3) is 0 Å². The highest BCUT2D eigenvalue weighted by Gasteiger charge is 2.06. The lowest BCUT2D eigenvalue weighted by atomic mass is 10.4. The molecular formula is C14H25IN4O3. The van der Waals surface area contributed by atoms with Gasteiger partial charge in [-0.3, -0.25) is 4.79 Å². The van der Waals surface area contributed by atoms with Crippen LogP contribution in [-0.4, -0.2) is 44.7 Å². The minimum absolute atomic E-state index is 0. The van der Waals surface area contributed by atoms with Gasteiger partial charge in [0.05, 0.1) is 19.4 Å². The average molecular weight is 424 g/mol. The predicted molar refractivity (Wildman–Crippen MR) is 96.4 cm³/mol. The molecule has 1 rings (SSSR count). The molecule has 0 saturated carbocycles. The van der Waals surface area contributed by atoms with Gasteiger partial charge in [0.25, 0.3) is 0 Å². The second-order valence-corrected chi connectivity index (χ2v) is 4.55. The summed E-state index contributed by atoms with van der Waals surface area (Å²) in [7, 11) is 1.64. The Morgan fingerprint density at radius 3 is 2.82 bits per heavy atom. The van der Waals surface area contributed by atoms with E-state index in [-0.39, 0.29) is 42.5 Å². The van der Waals surface area contributed by atoms with Gasteiger partial charge in [0.15, 0.2) is 5.96 Å². The Bertz CT molecular complexity index is 437. The second-order valence-electron chi connectivity index (χ2n) is 4.55. The molecule has 22 heavy (non-hydrogen) atoms. The molecule has 1 aromatic heterocycles. The Morgan fingerprint density at radius 2 is 2.23 bits per heavy atom. The van der Waals surface area contributed by atoms with Crippen LogP contribution in [0.15, 0.2) is 27.8 Å². The van der Waals surface area contributed by atoms with E-state index in [1.807, 2.05) is 19.9 Å². The van der Waals surface area contributed by atoms with Gasteiger partial charge >= 0.3 is 0 Å². The Balaban J connectivity index is 0.00000441. The van der Waals surface area contributed by atoms with Crippen molar-refractivity contribution >= 4 is 35.8 Å². The van der Waals surface area contributed by atoms with E-state index < -0.39 is 0 Å². The van der Waals surface area contributed by atoms with E-state index in [1.54, 1.807) is 19.4 Å². The number of carbonyl (C=O) groups is 1. The third kappa shape index (κ3) is 8.88. The molecule has 1 aromatic rings. The number of halogens is 1. The molecule has 1 amide bonds. The van der Waals surface area contributed by atoms with Crippen molar-refractivity contribution in [1.82, 2.24) is 16.0 Å². The van der Waals surface area contributed by atoms with Crippen molar-refractivity contribution in [2.45, 2.75) is 26.4 Å². The molecule has 3 N–H and O–H groups in total.